The van der Waals surface area contributed by atoms with Crippen LogP contribution in [0.2, 0.25) is 5.02 Å². The van der Waals surface area contributed by atoms with Gasteiger partial charge in [-0.25, -0.2) is 0 Å². The molecule has 1 unspecified atom stereocenters. The maximum Gasteiger partial charge on any atom is 0.0558 e. The Bertz CT molecular complexity index is 627. The number of hydrogen-bond acceptors (Lipinski definition) is 3. The van der Waals surface area contributed by atoms with Gasteiger partial charge >= 0.3 is 0 Å². The fourth-order valence-corrected chi connectivity index (χ4v) is 3.53. The van der Waals surface area contributed by atoms with Crippen LogP contribution in [-0.4, -0.2) is 64.8 Å². The average molecular weight is 322 g/mol. The van der Waals surface area contributed by atoms with Crippen LogP contribution >= 0.6 is 11.6 Å². The number of hydrogen-bond donors (Lipinski definition) is 1. The van der Waals surface area contributed by atoms with Crippen LogP contribution in [0.25, 0.3) is 10.9 Å². The van der Waals surface area contributed by atoms with Gasteiger partial charge in [-0.3, -0.25) is 9.80 Å². The van der Waals surface area contributed by atoms with Gasteiger partial charge in [-0.2, -0.15) is 0 Å². The van der Waals surface area contributed by atoms with Gasteiger partial charge in [0.15, 0.2) is 0 Å². The summed E-state index contributed by atoms with van der Waals surface area (Å²) < 4.78 is 2.30. The molecule has 4 nitrogen and oxygen atoms in total. The SMILES string of the molecule is CC1CN(CCO)CCN1CCn1ccc2cc(Cl)ccc21. The molecule has 0 amide bonds. The summed E-state index contributed by atoms with van der Waals surface area (Å²) in [6, 6.07) is 8.74. The average Bonchev–Trinajstić information content (AvgIpc) is 2.89. The van der Waals surface area contributed by atoms with Crippen molar-refractivity contribution in [1.29, 1.82) is 0 Å². The van der Waals surface area contributed by atoms with Crippen LogP contribution in [0.15, 0.2) is 30.5 Å². The Balaban J connectivity index is 1.60. The first-order valence-electron chi connectivity index (χ1n) is 7.99. The quantitative estimate of drug-likeness (QED) is 0.917. The largest absolute Gasteiger partial charge is 0.395 e. The monoisotopic (exact) mass is 321 g/mol. The standard InChI is InChI=1S/C17H24ClN3O/c1-14-13-19(10-11-22)6-7-20(14)8-9-21-5-4-15-12-16(18)2-3-17(15)21/h2-5,12,14,22H,6-11,13H2,1H3. The molecule has 1 atom stereocenters. The Labute approximate surface area is 136 Å². The van der Waals surface area contributed by atoms with E-state index in [0.29, 0.717) is 6.04 Å². The summed E-state index contributed by atoms with van der Waals surface area (Å²) in [6.45, 7) is 8.54. The van der Waals surface area contributed by atoms with Crippen molar-refractivity contribution in [2.75, 3.05) is 39.3 Å². The highest BCUT2D eigenvalue weighted by Gasteiger charge is 2.22. The van der Waals surface area contributed by atoms with Gasteiger partial charge in [-0.05, 0) is 31.2 Å². The molecule has 0 saturated carbocycles. The maximum atomic E-state index is 9.05. The normalized spacial score (nSPS) is 20.8. The summed E-state index contributed by atoms with van der Waals surface area (Å²) in [4.78, 5) is 4.88. The third kappa shape index (κ3) is 3.46. The molecule has 0 bridgehead atoms. The molecule has 1 aromatic carbocycles. The predicted octanol–water partition coefficient (Wildman–Crippen LogP) is 2.29. The van der Waals surface area contributed by atoms with Crippen molar-refractivity contribution in [3.05, 3.63) is 35.5 Å². The smallest absolute Gasteiger partial charge is 0.0558 e. The summed E-state index contributed by atoms with van der Waals surface area (Å²) >= 11 is 6.05. The molecule has 3 rings (SSSR count). The van der Waals surface area contributed by atoms with E-state index in [-0.39, 0.29) is 6.61 Å². The van der Waals surface area contributed by atoms with E-state index in [2.05, 4.69) is 39.6 Å². The first-order chi connectivity index (χ1) is 10.7. The molecule has 1 aromatic heterocycles. The maximum absolute atomic E-state index is 9.05. The second-order valence-electron chi connectivity index (χ2n) is 6.12. The molecule has 1 fully saturated rings. The number of aliphatic hydroxyl groups is 1. The highest BCUT2D eigenvalue weighted by molar-refractivity contribution is 6.31. The second-order valence-corrected chi connectivity index (χ2v) is 6.56. The number of aromatic nitrogens is 1. The Morgan fingerprint density at radius 3 is 2.82 bits per heavy atom. The van der Waals surface area contributed by atoms with Gasteiger partial charge in [0.1, 0.15) is 0 Å². The number of aliphatic hydroxyl groups excluding tert-OH is 1. The highest BCUT2D eigenvalue weighted by Crippen LogP contribution is 2.20. The van der Waals surface area contributed by atoms with Crippen LogP contribution in [0.3, 0.4) is 0 Å². The zero-order valence-corrected chi connectivity index (χ0v) is 13.8. The highest BCUT2D eigenvalue weighted by atomic mass is 35.5. The van der Waals surface area contributed by atoms with Gasteiger partial charge in [0.05, 0.1) is 6.61 Å². The van der Waals surface area contributed by atoms with E-state index < -0.39 is 0 Å². The Hall–Kier alpha value is -1.07. The van der Waals surface area contributed by atoms with E-state index in [1.54, 1.807) is 0 Å². The minimum absolute atomic E-state index is 0.255. The molecule has 0 spiro atoms. The number of piperazine rings is 1. The lowest BCUT2D eigenvalue weighted by molar-refractivity contribution is 0.0694. The zero-order valence-electron chi connectivity index (χ0n) is 13.1. The number of halogens is 1. The van der Waals surface area contributed by atoms with Gasteiger partial charge < -0.3 is 9.67 Å². The van der Waals surface area contributed by atoms with Crippen molar-refractivity contribution in [3.63, 3.8) is 0 Å². The van der Waals surface area contributed by atoms with Gasteiger partial charge in [-0.1, -0.05) is 11.6 Å². The first kappa shape index (κ1) is 15.8. The Morgan fingerprint density at radius 2 is 2.05 bits per heavy atom. The third-order valence-corrected chi connectivity index (χ3v) is 4.86. The van der Waals surface area contributed by atoms with E-state index in [1.165, 1.54) is 10.9 Å². The molecule has 5 heteroatoms. The van der Waals surface area contributed by atoms with Crippen LogP contribution < -0.4 is 0 Å². The lowest BCUT2D eigenvalue weighted by Gasteiger charge is -2.39. The van der Waals surface area contributed by atoms with E-state index in [9.17, 15) is 0 Å². The Kier molecular flexibility index (Phi) is 5.03. The molecule has 1 saturated heterocycles. The van der Waals surface area contributed by atoms with Crippen LogP contribution in [-0.2, 0) is 6.54 Å². The number of fused-ring (bicyclic) bond motifs is 1. The van der Waals surface area contributed by atoms with Crippen molar-refractivity contribution in [2.45, 2.75) is 19.5 Å². The third-order valence-electron chi connectivity index (χ3n) is 4.63. The van der Waals surface area contributed by atoms with Gasteiger partial charge in [0, 0.05) is 67.4 Å². The fourth-order valence-electron chi connectivity index (χ4n) is 3.35. The lowest BCUT2D eigenvalue weighted by atomic mass is 10.2. The molecule has 2 heterocycles. The fraction of sp³-hybridized carbons (Fsp3) is 0.529. The number of nitrogens with zero attached hydrogens (tertiary/aromatic N) is 3. The molecular weight excluding hydrogens is 298 g/mol. The van der Waals surface area contributed by atoms with Crippen molar-refractivity contribution in [2.24, 2.45) is 0 Å². The van der Waals surface area contributed by atoms with Gasteiger partial charge in [0.2, 0.25) is 0 Å². The van der Waals surface area contributed by atoms with Crippen molar-refractivity contribution < 1.29 is 5.11 Å². The van der Waals surface area contributed by atoms with Crippen LogP contribution in [0, 0.1) is 0 Å². The lowest BCUT2D eigenvalue weighted by Crippen LogP contribution is -2.53. The number of β-amino-alcohol motifs (C(OH)–C–C–N with tert-alkyl or cyclic N) is 1. The molecule has 1 aliphatic heterocycles. The molecule has 0 radical (unpaired) electrons. The summed E-state index contributed by atoms with van der Waals surface area (Å²) in [5.74, 6) is 0. The van der Waals surface area contributed by atoms with Crippen molar-refractivity contribution >= 4 is 22.5 Å². The van der Waals surface area contributed by atoms with E-state index in [4.69, 9.17) is 16.7 Å². The molecule has 22 heavy (non-hydrogen) atoms. The molecule has 2 aromatic rings. The second kappa shape index (κ2) is 7.01. The van der Waals surface area contributed by atoms with E-state index in [1.807, 2.05) is 12.1 Å². The van der Waals surface area contributed by atoms with Crippen LogP contribution in [0.1, 0.15) is 6.92 Å². The minimum atomic E-state index is 0.255. The van der Waals surface area contributed by atoms with Crippen molar-refractivity contribution in [1.82, 2.24) is 14.4 Å². The summed E-state index contributed by atoms with van der Waals surface area (Å²) in [6.07, 6.45) is 2.15. The summed E-state index contributed by atoms with van der Waals surface area (Å²) in [5, 5.41) is 11.0. The Morgan fingerprint density at radius 1 is 1.18 bits per heavy atom. The van der Waals surface area contributed by atoms with Crippen LogP contribution in [0.5, 0.6) is 0 Å². The van der Waals surface area contributed by atoms with Gasteiger partial charge in [0.25, 0.3) is 0 Å². The summed E-state index contributed by atoms with van der Waals surface area (Å²) in [5.41, 5.74) is 1.25. The number of rotatable bonds is 5. The zero-order chi connectivity index (χ0) is 15.5. The van der Waals surface area contributed by atoms with Crippen molar-refractivity contribution in [3.8, 4) is 0 Å². The van der Waals surface area contributed by atoms with Gasteiger partial charge in [-0.15, -0.1) is 0 Å². The molecule has 0 aliphatic carbocycles. The minimum Gasteiger partial charge on any atom is -0.395 e. The molecular formula is C17H24ClN3O. The summed E-state index contributed by atoms with van der Waals surface area (Å²) in [7, 11) is 0. The number of benzene rings is 1. The molecule has 1 N–H and O–H groups in total. The predicted molar refractivity (Wildman–Crippen MR) is 91.5 cm³/mol. The van der Waals surface area contributed by atoms with E-state index >= 15 is 0 Å². The molecule has 1 aliphatic rings. The van der Waals surface area contributed by atoms with E-state index in [0.717, 1.165) is 44.3 Å². The topological polar surface area (TPSA) is 31.6 Å². The molecule has 120 valence electrons. The first-order valence-corrected chi connectivity index (χ1v) is 8.37. The van der Waals surface area contributed by atoms with Crippen LogP contribution in [0.4, 0.5) is 0 Å².